The zero-order valence-electron chi connectivity index (χ0n) is 50.4. The van der Waals surface area contributed by atoms with Gasteiger partial charge in [-0.15, -0.1) is 0 Å². The molecule has 9 atom stereocenters. The molecular formula is C63H89N5O19. The maximum Gasteiger partial charge on any atom is 0.326 e. The first-order chi connectivity index (χ1) is 40.8. The first-order valence-corrected chi connectivity index (χ1v) is 28.1. The zero-order valence-corrected chi connectivity index (χ0v) is 50.4. The van der Waals surface area contributed by atoms with Crippen LogP contribution in [0.3, 0.4) is 0 Å². The molecule has 24 heteroatoms. The summed E-state index contributed by atoms with van der Waals surface area (Å²) in [4.78, 5) is 73.9. The summed E-state index contributed by atoms with van der Waals surface area (Å²) in [6, 6.07) is 8.17. The van der Waals surface area contributed by atoms with E-state index in [0.717, 1.165) is 19.3 Å². The van der Waals surface area contributed by atoms with Gasteiger partial charge in [0.15, 0.2) is 40.3 Å². The highest BCUT2D eigenvalue weighted by Gasteiger charge is 2.36. The van der Waals surface area contributed by atoms with Crippen LogP contribution in [0.4, 0.5) is 0 Å². The van der Waals surface area contributed by atoms with Gasteiger partial charge in [0, 0.05) is 42.7 Å². The van der Waals surface area contributed by atoms with Gasteiger partial charge in [0.05, 0.1) is 48.2 Å². The average Bonchev–Trinajstić information content (AvgIpc) is 3.34. The number of allylic oxidation sites excluding steroid dienone is 9. The van der Waals surface area contributed by atoms with Crippen LogP contribution >= 0.6 is 0 Å². The van der Waals surface area contributed by atoms with Gasteiger partial charge in [0.2, 0.25) is 23.5 Å². The second-order valence-corrected chi connectivity index (χ2v) is 20.9. The summed E-state index contributed by atoms with van der Waals surface area (Å²) in [6.07, 6.45) is 14.4. The number of aliphatic hydroxyl groups excluding tert-OH is 4. The van der Waals surface area contributed by atoms with E-state index in [1.54, 1.807) is 20.8 Å². The maximum atomic E-state index is 12.7. The van der Waals surface area contributed by atoms with Gasteiger partial charge >= 0.3 is 11.9 Å². The predicted molar refractivity (Wildman–Crippen MR) is 326 cm³/mol. The summed E-state index contributed by atoms with van der Waals surface area (Å²) in [5.74, 6) is -11.4. The number of aliphatic hydroxyl groups is 4. The fourth-order valence-electron chi connectivity index (χ4n) is 8.21. The minimum Gasteiger partial charge on any atom is -0.513 e. The number of amides is 3. The Hall–Kier alpha value is -9.00. The van der Waals surface area contributed by atoms with Crippen molar-refractivity contribution in [3.8, 4) is 40.2 Å². The third-order valence-electron chi connectivity index (χ3n) is 14.1. The molecule has 0 aliphatic rings. The van der Waals surface area contributed by atoms with Gasteiger partial charge in [0.1, 0.15) is 17.6 Å². The van der Waals surface area contributed by atoms with Crippen molar-refractivity contribution < 1.29 is 95.2 Å². The topological polar surface area (TPSA) is 426 Å². The fourth-order valence-corrected chi connectivity index (χ4v) is 8.21. The summed E-state index contributed by atoms with van der Waals surface area (Å²) in [7, 11) is 0. The number of phenols is 7. The molecule has 0 saturated heterocycles. The normalized spacial score (nSPS) is 14.7. The number of ketones is 1. The molecule has 0 bridgehead atoms. The molecule has 8 unspecified atom stereocenters. The van der Waals surface area contributed by atoms with E-state index in [2.05, 4.69) is 46.5 Å². The highest BCUT2D eigenvalue weighted by atomic mass is 16.4. The molecule has 87 heavy (non-hydrogen) atoms. The molecular weight excluding hydrogens is 1130 g/mol. The number of carboxylic acid groups (broad SMARTS) is 2. The number of carbonyl (C=O) groups excluding carboxylic acids is 4. The van der Waals surface area contributed by atoms with Gasteiger partial charge in [0.25, 0.3) is 0 Å². The van der Waals surface area contributed by atoms with E-state index in [9.17, 15) is 95.2 Å². The molecule has 0 saturated carbocycles. The minimum atomic E-state index is -1.58. The fraction of sp³-hybridized carbons (Fsp3) is 0.429. The summed E-state index contributed by atoms with van der Waals surface area (Å²) in [5, 5.41) is 132. The number of aliphatic carboxylic acids is 2. The van der Waals surface area contributed by atoms with Crippen molar-refractivity contribution in [2.24, 2.45) is 35.5 Å². The van der Waals surface area contributed by atoms with Crippen molar-refractivity contribution in [2.45, 2.75) is 124 Å². The third kappa shape index (κ3) is 25.6. The van der Waals surface area contributed by atoms with Crippen LogP contribution in [0.2, 0.25) is 0 Å². The number of hydrazine groups is 1. The van der Waals surface area contributed by atoms with Crippen molar-refractivity contribution in [3.05, 3.63) is 139 Å². The molecule has 3 aromatic carbocycles. The van der Waals surface area contributed by atoms with Gasteiger partial charge in [-0.05, 0) is 86.9 Å². The summed E-state index contributed by atoms with van der Waals surface area (Å²) in [5.41, 5.74) is 4.58. The molecule has 3 aromatic rings. The second-order valence-electron chi connectivity index (χ2n) is 20.9. The van der Waals surface area contributed by atoms with Gasteiger partial charge in [-0.1, -0.05) is 116 Å². The van der Waals surface area contributed by atoms with Crippen LogP contribution in [0, 0.1) is 35.5 Å². The van der Waals surface area contributed by atoms with Gasteiger partial charge in [-0.25, -0.2) is 10.2 Å². The van der Waals surface area contributed by atoms with E-state index in [0.29, 0.717) is 30.4 Å². The number of hydrogen-bond donors (Lipinski definition) is 18. The number of carbonyl (C=O) groups is 6. The molecule has 0 heterocycles. The summed E-state index contributed by atoms with van der Waals surface area (Å²) < 4.78 is 0. The third-order valence-corrected chi connectivity index (χ3v) is 14.1. The molecule has 3 rings (SSSR count). The molecule has 18 N–H and O–H groups in total. The quantitative estimate of drug-likeness (QED) is 0.0121. The van der Waals surface area contributed by atoms with Crippen LogP contribution in [0.15, 0.2) is 122 Å². The SMILES string of the molecule is C=C(O)C(C)C(C/C=C/CC)C(=O)NC(CO)C(=O)CNCc1ccc(O)c(O)c1O.C=C(O)C(C)C(C/C=C/CC)C(=O)NNC(C)(Cc1ccc(O)c(O)c1)C(=O)O.C=C(O)C(C)C(C/C=C/CC)C(=O)N[C@H](Cc1ccc(O)c(O)c1)C(=O)O. The monoisotopic (exact) mass is 1220 g/mol. The molecule has 0 spiro atoms. The van der Waals surface area contributed by atoms with Gasteiger partial charge in [-0.3, -0.25) is 29.4 Å². The molecule has 3 amide bonds. The largest absolute Gasteiger partial charge is 0.513 e. The summed E-state index contributed by atoms with van der Waals surface area (Å²) >= 11 is 0. The standard InChI is InChI=1S/C22H32N2O7.C21H30N2O6.C20H27NO6/c1-4-5-6-7-16(13(2)14(3)26)22(31)24-17(12-25)19(28)11-23-10-15-8-9-18(27)21(30)20(15)29;1-5-6-7-8-16(13(2)14(3)24)19(27)22-23-21(4,20(28)29)12-15-9-10-17(25)18(26)11-15;1-4-5-6-7-15(12(2)13(3)22)19(25)21-16(20(26)27)10-14-8-9-17(23)18(24)11-14/h5-6,8-9,13,16-17,23,25-27,29-30H,3-4,7,10-12H2,1-2H3,(H,24,31);6-7,9-11,13,16,23-26H,3,5,8,12H2,1-2,4H3,(H,22,27)(H,28,29);5-6,8-9,11-12,15-16,22-24H,3-4,7,10H2,1-2H3,(H,21,25)(H,26,27)/b6-5+;7-6+;6-5+/t;;12?,15?,16-/m..1/s1. The van der Waals surface area contributed by atoms with Gasteiger partial charge < -0.3 is 82.3 Å². The number of phenolic OH excluding ortho intramolecular Hbond substituents is 7. The number of rotatable bonds is 34. The van der Waals surface area contributed by atoms with Crippen LogP contribution in [-0.4, -0.2) is 133 Å². The molecule has 0 aliphatic heterocycles. The minimum absolute atomic E-state index is 0.00329. The molecule has 0 radical (unpaired) electrons. The highest BCUT2D eigenvalue weighted by Crippen LogP contribution is 2.37. The average molecular weight is 1220 g/mol. The number of hydrogen-bond acceptors (Lipinski definition) is 19. The number of aromatic hydroxyl groups is 7. The zero-order chi connectivity index (χ0) is 66.3. The van der Waals surface area contributed by atoms with Crippen molar-refractivity contribution >= 4 is 35.4 Å². The molecule has 0 aromatic heterocycles. The number of nitrogens with one attached hydrogen (secondary N) is 5. The van der Waals surface area contributed by atoms with Crippen molar-refractivity contribution in [3.63, 3.8) is 0 Å². The Morgan fingerprint density at radius 2 is 0.954 bits per heavy atom. The first kappa shape index (κ1) is 76.0. The lowest BCUT2D eigenvalue weighted by molar-refractivity contribution is -0.145. The van der Waals surface area contributed by atoms with Crippen molar-refractivity contribution in [1.82, 2.24) is 26.8 Å². The lowest BCUT2D eigenvalue weighted by atomic mass is 9.88. The highest BCUT2D eigenvalue weighted by molar-refractivity contribution is 5.91. The molecule has 0 fully saturated rings. The van der Waals surface area contributed by atoms with E-state index >= 15 is 0 Å². The van der Waals surface area contributed by atoms with E-state index in [1.165, 1.54) is 55.5 Å². The van der Waals surface area contributed by atoms with E-state index in [1.807, 2.05) is 57.2 Å². The molecule has 0 aliphatic carbocycles. The molecule has 24 nitrogen and oxygen atoms in total. The van der Waals surface area contributed by atoms with Crippen LogP contribution in [0.25, 0.3) is 0 Å². The van der Waals surface area contributed by atoms with Crippen LogP contribution in [0.1, 0.15) is 104 Å². The van der Waals surface area contributed by atoms with E-state index in [-0.39, 0.29) is 71.8 Å². The predicted octanol–water partition coefficient (Wildman–Crippen LogP) is 7.29. The number of carboxylic acids is 2. The van der Waals surface area contributed by atoms with E-state index in [4.69, 9.17) is 0 Å². The Morgan fingerprint density at radius 1 is 0.540 bits per heavy atom. The first-order valence-electron chi connectivity index (χ1n) is 28.1. The Kier molecular flexibility index (Phi) is 33.3. The van der Waals surface area contributed by atoms with Crippen LogP contribution < -0.4 is 26.8 Å². The Bertz CT molecular complexity index is 2910. The lowest BCUT2D eigenvalue weighted by Crippen LogP contribution is -2.59. The van der Waals surface area contributed by atoms with Gasteiger partial charge in [-0.2, -0.15) is 0 Å². The number of Topliss-reactive ketones (excluding diaryl/α,β-unsaturated/α-hetero) is 1. The van der Waals surface area contributed by atoms with Crippen molar-refractivity contribution in [1.29, 1.82) is 0 Å². The van der Waals surface area contributed by atoms with E-state index < -0.39 is 112 Å². The summed E-state index contributed by atoms with van der Waals surface area (Å²) in [6.45, 7) is 21.8. The number of benzene rings is 3. The van der Waals surface area contributed by atoms with Crippen LogP contribution in [-0.2, 0) is 48.2 Å². The lowest BCUT2D eigenvalue weighted by Gasteiger charge is -2.29. The van der Waals surface area contributed by atoms with Crippen molar-refractivity contribution in [2.75, 3.05) is 13.2 Å². The Morgan fingerprint density at radius 3 is 1.36 bits per heavy atom. The van der Waals surface area contributed by atoms with Crippen LogP contribution in [0.5, 0.6) is 40.2 Å². The Labute approximate surface area is 507 Å². The maximum absolute atomic E-state index is 12.7. The molecule has 480 valence electrons. The smallest absolute Gasteiger partial charge is 0.326 e. The second kappa shape index (κ2) is 38.1. The Balaban J connectivity index is 0.000000654.